The number of rotatable bonds is 4. The number of hydrogen-bond acceptors (Lipinski definition) is 3. The van der Waals surface area contributed by atoms with E-state index in [0.717, 1.165) is 11.3 Å². The van der Waals surface area contributed by atoms with Crippen molar-refractivity contribution in [2.75, 3.05) is 27.7 Å². The molecule has 0 aromatic heterocycles. The number of benzene rings is 1. The second kappa shape index (κ2) is 5.72. The van der Waals surface area contributed by atoms with Crippen LogP contribution in [0.15, 0.2) is 18.2 Å². The molecule has 102 valence electrons. The highest BCUT2D eigenvalue weighted by molar-refractivity contribution is 5.41. The Morgan fingerprint density at radius 1 is 1.28 bits per heavy atom. The van der Waals surface area contributed by atoms with Gasteiger partial charge < -0.3 is 14.7 Å². The zero-order chi connectivity index (χ0) is 13.9. The average Bonchev–Trinajstić information content (AvgIpc) is 2.26. The van der Waals surface area contributed by atoms with Gasteiger partial charge in [0, 0.05) is 12.1 Å². The van der Waals surface area contributed by atoms with E-state index in [9.17, 15) is 5.11 Å². The molecule has 1 aromatic rings. The number of likely N-dealkylation sites (N-methyl/N-ethyl adjacent to an activating group) is 1. The third-order valence-corrected chi connectivity index (χ3v) is 2.99. The molecule has 0 saturated carbocycles. The fourth-order valence-electron chi connectivity index (χ4n) is 1.91. The van der Waals surface area contributed by atoms with Crippen LogP contribution in [0.25, 0.3) is 0 Å². The van der Waals surface area contributed by atoms with E-state index in [1.807, 2.05) is 31.1 Å². The molecule has 3 heteroatoms. The minimum atomic E-state index is -0.530. The largest absolute Gasteiger partial charge is 0.496 e. The summed E-state index contributed by atoms with van der Waals surface area (Å²) in [5.74, 6) is 0.748. The maximum Gasteiger partial charge on any atom is 0.124 e. The standard InChI is InChI=1S/C15H25NO2/c1-15(2,3)11-7-8-14(18-6)12(9-11)13(17)10-16(4)5/h7-9,13,17H,10H2,1-6H3. The lowest BCUT2D eigenvalue weighted by Gasteiger charge is -2.24. The summed E-state index contributed by atoms with van der Waals surface area (Å²) in [5, 5.41) is 10.3. The van der Waals surface area contributed by atoms with Gasteiger partial charge >= 0.3 is 0 Å². The summed E-state index contributed by atoms with van der Waals surface area (Å²) in [5.41, 5.74) is 2.13. The first kappa shape index (κ1) is 15.0. The van der Waals surface area contributed by atoms with Crippen molar-refractivity contribution in [1.82, 2.24) is 4.90 Å². The molecule has 0 aliphatic rings. The SMILES string of the molecule is COc1ccc(C(C)(C)C)cc1C(O)CN(C)C. The number of hydrogen-bond donors (Lipinski definition) is 1. The van der Waals surface area contributed by atoms with Crippen LogP contribution in [-0.4, -0.2) is 37.8 Å². The monoisotopic (exact) mass is 251 g/mol. The van der Waals surface area contributed by atoms with E-state index in [2.05, 4.69) is 26.8 Å². The van der Waals surface area contributed by atoms with Gasteiger partial charge in [-0.05, 0) is 37.2 Å². The fourth-order valence-corrected chi connectivity index (χ4v) is 1.91. The maximum atomic E-state index is 10.3. The van der Waals surface area contributed by atoms with E-state index < -0.39 is 6.10 Å². The topological polar surface area (TPSA) is 32.7 Å². The lowest BCUT2D eigenvalue weighted by Crippen LogP contribution is -2.21. The van der Waals surface area contributed by atoms with Gasteiger partial charge in [-0.1, -0.05) is 26.8 Å². The number of ether oxygens (including phenoxy) is 1. The maximum absolute atomic E-state index is 10.3. The molecule has 1 aromatic carbocycles. The average molecular weight is 251 g/mol. The molecule has 0 spiro atoms. The van der Waals surface area contributed by atoms with Crippen LogP contribution in [0.1, 0.15) is 38.0 Å². The Balaban J connectivity index is 3.14. The Bertz CT molecular complexity index is 394. The van der Waals surface area contributed by atoms with Crippen LogP contribution in [0.3, 0.4) is 0 Å². The molecule has 18 heavy (non-hydrogen) atoms. The van der Waals surface area contributed by atoms with Crippen molar-refractivity contribution in [3.63, 3.8) is 0 Å². The molecule has 0 aliphatic heterocycles. The van der Waals surface area contributed by atoms with Crippen molar-refractivity contribution in [1.29, 1.82) is 0 Å². The number of nitrogens with zero attached hydrogens (tertiary/aromatic N) is 1. The molecule has 1 atom stereocenters. The van der Waals surface area contributed by atoms with Crippen molar-refractivity contribution in [3.8, 4) is 5.75 Å². The van der Waals surface area contributed by atoms with Crippen molar-refractivity contribution in [3.05, 3.63) is 29.3 Å². The lowest BCUT2D eigenvalue weighted by molar-refractivity contribution is 0.135. The predicted molar refractivity (Wildman–Crippen MR) is 75.2 cm³/mol. The third kappa shape index (κ3) is 3.72. The van der Waals surface area contributed by atoms with Gasteiger partial charge in [0.25, 0.3) is 0 Å². The summed E-state index contributed by atoms with van der Waals surface area (Å²) in [6.45, 7) is 7.08. The van der Waals surface area contributed by atoms with Gasteiger partial charge in [-0.15, -0.1) is 0 Å². The summed E-state index contributed by atoms with van der Waals surface area (Å²) in [6, 6.07) is 6.05. The van der Waals surface area contributed by atoms with Crippen LogP contribution in [0.4, 0.5) is 0 Å². The second-order valence-electron chi connectivity index (χ2n) is 5.98. The van der Waals surface area contributed by atoms with Crippen LogP contribution in [0.5, 0.6) is 5.75 Å². The number of methoxy groups -OCH3 is 1. The van der Waals surface area contributed by atoms with E-state index in [0.29, 0.717) is 6.54 Å². The number of aliphatic hydroxyl groups excluding tert-OH is 1. The third-order valence-electron chi connectivity index (χ3n) is 2.99. The van der Waals surface area contributed by atoms with Gasteiger partial charge in [0.05, 0.1) is 13.2 Å². The van der Waals surface area contributed by atoms with Gasteiger partial charge in [0.1, 0.15) is 5.75 Å². The summed E-state index contributed by atoms with van der Waals surface area (Å²) < 4.78 is 5.34. The Labute approximate surface area is 110 Å². The molecule has 0 amide bonds. The Morgan fingerprint density at radius 3 is 2.33 bits per heavy atom. The van der Waals surface area contributed by atoms with Gasteiger partial charge in [-0.2, -0.15) is 0 Å². The van der Waals surface area contributed by atoms with E-state index in [1.165, 1.54) is 5.56 Å². The van der Waals surface area contributed by atoms with E-state index in [-0.39, 0.29) is 5.41 Å². The number of aliphatic hydroxyl groups is 1. The van der Waals surface area contributed by atoms with Gasteiger partial charge in [-0.3, -0.25) is 0 Å². The molecule has 1 unspecified atom stereocenters. The zero-order valence-corrected chi connectivity index (χ0v) is 12.3. The van der Waals surface area contributed by atoms with Gasteiger partial charge in [0.15, 0.2) is 0 Å². The van der Waals surface area contributed by atoms with Crippen LogP contribution in [-0.2, 0) is 5.41 Å². The van der Waals surface area contributed by atoms with Crippen molar-refractivity contribution in [2.45, 2.75) is 32.3 Å². The first-order valence-electron chi connectivity index (χ1n) is 6.27. The molecular formula is C15H25NO2. The van der Waals surface area contributed by atoms with Gasteiger partial charge in [0.2, 0.25) is 0 Å². The Hall–Kier alpha value is -1.06. The molecule has 0 heterocycles. The van der Waals surface area contributed by atoms with Crippen LogP contribution < -0.4 is 4.74 Å². The molecule has 0 saturated heterocycles. The van der Waals surface area contributed by atoms with E-state index in [1.54, 1.807) is 7.11 Å². The predicted octanol–water partition coefficient (Wildman–Crippen LogP) is 2.59. The van der Waals surface area contributed by atoms with E-state index >= 15 is 0 Å². The summed E-state index contributed by atoms with van der Waals surface area (Å²) in [4.78, 5) is 1.97. The van der Waals surface area contributed by atoms with Crippen molar-refractivity contribution >= 4 is 0 Å². The highest BCUT2D eigenvalue weighted by atomic mass is 16.5. The van der Waals surface area contributed by atoms with Gasteiger partial charge in [-0.25, -0.2) is 0 Å². The zero-order valence-electron chi connectivity index (χ0n) is 12.3. The van der Waals surface area contributed by atoms with Crippen molar-refractivity contribution in [2.24, 2.45) is 0 Å². The lowest BCUT2D eigenvalue weighted by atomic mass is 9.85. The van der Waals surface area contributed by atoms with Crippen LogP contribution in [0.2, 0.25) is 0 Å². The first-order chi connectivity index (χ1) is 8.25. The van der Waals surface area contributed by atoms with Crippen LogP contribution in [0, 0.1) is 0 Å². The quantitative estimate of drug-likeness (QED) is 0.893. The normalized spacial score (nSPS) is 13.8. The Morgan fingerprint density at radius 2 is 1.89 bits per heavy atom. The molecule has 0 aliphatic carbocycles. The highest BCUT2D eigenvalue weighted by Crippen LogP contribution is 2.31. The molecular weight excluding hydrogens is 226 g/mol. The van der Waals surface area contributed by atoms with Crippen LogP contribution >= 0.6 is 0 Å². The minimum absolute atomic E-state index is 0.0683. The highest BCUT2D eigenvalue weighted by Gasteiger charge is 2.19. The smallest absolute Gasteiger partial charge is 0.124 e. The minimum Gasteiger partial charge on any atom is -0.496 e. The molecule has 0 bridgehead atoms. The fraction of sp³-hybridized carbons (Fsp3) is 0.600. The molecule has 3 nitrogen and oxygen atoms in total. The molecule has 1 rings (SSSR count). The molecule has 0 radical (unpaired) electrons. The Kier molecular flexibility index (Phi) is 4.77. The first-order valence-corrected chi connectivity index (χ1v) is 6.27. The van der Waals surface area contributed by atoms with E-state index in [4.69, 9.17) is 4.74 Å². The molecule has 0 fully saturated rings. The van der Waals surface area contributed by atoms with Crippen molar-refractivity contribution < 1.29 is 9.84 Å². The molecule has 1 N–H and O–H groups in total. The summed E-state index contributed by atoms with van der Waals surface area (Å²) in [7, 11) is 5.53. The summed E-state index contributed by atoms with van der Waals surface area (Å²) in [6.07, 6.45) is -0.530. The second-order valence-corrected chi connectivity index (χ2v) is 5.98. The summed E-state index contributed by atoms with van der Waals surface area (Å²) >= 11 is 0.